The Morgan fingerprint density at radius 2 is 2.38 bits per heavy atom. The molecule has 1 aliphatic rings. The highest BCUT2D eigenvalue weighted by Crippen LogP contribution is 2.13. The van der Waals surface area contributed by atoms with Crippen molar-refractivity contribution in [2.75, 3.05) is 25.5 Å². The molecule has 3 nitrogen and oxygen atoms in total. The monoisotopic (exact) mass is 244 g/mol. The van der Waals surface area contributed by atoms with Gasteiger partial charge in [0.2, 0.25) is 0 Å². The van der Waals surface area contributed by atoms with Crippen molar-refractivity contribution < 1.29 is 4.74 Å². The van der Waals surface area contributed by atoms with E-state index in [1.165, 1.54) is 12.2 Å². The van der Waals surface area contributed by atoms with Crippen molar-refractivity contribution in [2.45, 2.75) is 39.7 Å². The zero-order valence-electron chi connectivity index (χ0n) is 10.7. The molecule has 0 spiro atoms. The summed E-state index contributed by atoms with van der Waals surface area (Å²) in [6.07, 6.45) is 2.26. The van der Waals surface area contributed by atoms with Gasteiger partial charge >= 0.3 is 0 Å². The second-order valence-corrected chi connectivity index (χ2v) is 5.78. The van der Waals surface area contributed by atoms with Gasteiger partial charge in [-0.3, -0.25) is 4.99 Å². The smallest absolute Gasteiger partial charge is 0.156 e. The minimum Gasteiger partial charge on any atom is -0.381 e. The van der Waals surface area contributed by atoms with Crippen molar-refractivity contribution in [2.24, 2.45) is 10.9 Å². The highest BCUT2D eigenvalue weighted by Gasteiger charge is 2.12. The van der Waals surface area contributed by atoms with E-state index in [0.717, 1.165) is 31.3 Å². The van der Waals surface area contributed by atoms with Crippen LogP contribution >= 0.6 is 11.8 Å². The van der Waals surface area contributed by atoms with Crippen molar-refractivity contribution in [3.8, 4) is 0 Å². The van der Waals surface area contributed by atoms with Gasteiger partial charge in [-0.15, -0.1) is 0 Å². The standard InChI is InChI=1S/C12H24N2OS/c1-10(2)9-15-7-4-6-13-12-14-11(3)5-8-16-12/h10-11H,4-9H2,1-3H3,(H,13,14). The van der Waals surface area contributed by atoms with Crippen LogP contribution in [0.1, 0.15) is 33.6 Å². The predicted octanol–water partition coefficient (Wildman–Crippen LogP) is 2.52. The zero-order valence-corrected chi connectivity index (χ0v) is 11.5. The summed E-state index contributed by atoms with van der Waals surface area (Å²) in [4.78, 5) is 4.54. The molecule has 0 aromatic rings. The molecule has 94 valence electrons. The summed E-state index contributed by atoms with van der Waals surface area (Å²) in [7, 11) is 0. The Hall–Kier alpha value is -0.220. The summed E-state index contributed by atoms with van der Waals surface area (Å²) in [5, 5.41) is 4.51. The molecule has 0 amide bonds. The van der Waals surface area contributed by atoms with Crippen LogP contribution in [0.3, 0.4) is 0 Å². The fourth-order valence-corrected chi connectivity index (χ4v) is 2.55. The maximum absolute atomic E-state index is 5.51. The first-order valence-corrected chi connectivity index (χ1v) is 7.18. The molecule has 1 atom stereocenters. The Morgan fingerprint density at radius 3 is 3.06 bits per heavy atom. The molecule has 1 N–H and O–H groups in total. The number of thioether (sulfide) groups is 1. The Kier molecular flexibility index (Phi) is 6.88. The van der Waals surface area contributed by atoms with Crippen LogP contribution in [-0.4, -0.2) is 36.7 Å². The van der Waals surface area contributed by atoms with Crippen molar-refractivity contribution >= 4 is 16.9 Å². The van der Waals surface area contributed by atoms with Gasteiger partial charge in [-0.2, -0.15) is 0 Å². The molecule has 1 fully saturated rings. The topological polar surface area (TPSA) is 33.6 Å². The first-order chi connectivity index (χ1) is 7.68. The summed E-state index contributed by atoms with van der Waals surface area (Å²) >= 11 is 1.83. The van der Waals surface area contributed by atoms with Crippen LogP contribution in [0.15, 0.2) is 4.99 Å². The quantitative estimate of drug-likeness (QED) is 0.729. The minimum atomic E-state index is 0.581. The summed E-state index contributed by atoms with van der Waals surface area (Å²) < 4.78 is 5.51. The fourth-order valence-electron chi connectivity index (χ4n) is 1.41. The lowest BCUT2D eigenvalue weighted by Crippen LogP contribution is -2.35. The van der Waals surface area contributed by atoms with Gasteiger partial charge < -0.3 is 10.1 Å². The van der Waals surface area contributed by atoms with E-state index in [2.05, 4.69) is 31.1 Å². The summed E-state index contributed by atoms with van der Waals surface area (Å²) in [5.41, 5.74) is 0. The number of amidine groups is 1. The molecule has 0 bridgehead atoms. The predicted molar refractivity (Wildman–Crippen MR) is 72.2 cm³/mol. The molecule has 0 aromatic heterocycles. The minimum absolute atomic E-state index is 0.581. The fraction of sp³-hybridized carbons (Fsp3) is 0.917. The lowest BCUT2D eigenvalue weighted by atomic mass is 10.2. The molecule has 16 heavy (non-hydrogen) atoms. The molecule has 1 aliphatic heterocycles. The molecule has 1 unspecified atom stereocenters. The third kappa shape index (κ3) is 6.38. The maximum atomic E-state index is 5.51. The van der Waals surface area contributed by atoms with Crippen LogP contribution in [0.5, 0.6) is 0 Å². The normalized spacial score (nSPS) is 23.8. The molecular formula is C12H24N2OS. The molecule has 1 saturated heterocycles. The molecular weight excluding hydrogens is 220 g/mol. The van der Waals surface area contributed by atoms with Gasteiger partial charge in [-0.05, 0) is 25.7 Å². The van der Waals surface area contributed by atoms with E-state index in [0.29, 0.717) is 12.0 Å². The third-order valence-electron chi connectivity index (χ3n) is 2.31. The number of rotatable bonds is 6. The van der Waals surface area contributed by atoms with Gasteiger partial charge in [0.15, 0.2) is 5.17 Å². The average Bonchev–Trinajstić information content (AvgIpc) is 2.23. The van der Waals surface area contributed by atoms with Crippen LogP contribution in [0.25, 0.3) is 0 Å². The average molecular weight is 244 g/mol. The second kappa shape index (κ2) is 7.96. The van der Waals surface area contributed by atoms with Crippen LogP contribution in [0.4, 0.5) is 0 Å². The third-order valence-corrected chi connectivity index (χ3v) is 3.27. The number of ether oxygens (including phenoxy) is 1. The lowest BCUT2D eigenvalue weighted by Gasteiger charge is -2.21. The maximum Gasteiger partial charge on any atom is 0.156 e. The molecule has 0 saturated carbocycles. The highest BCUT2D eigenvalue weighted by molar-refractivity contribution is 8.13. The van der Waals surface area contributed by atoms with E-state index in [9.17, 15) is 0 Å². The van der Waals surface area contributed by atoms with Crippen LogP contribution in [0.2, 0.25) is 0 Å². The van der Waals surface area contributed by atoms with Crippen molar-refractivity contribution in [3.05, 3.63) is 0 Å². The first kappa shape index (κ1) is 13.8. The van der Waals surface area contributed by atoms with Crippen molar-refractivity contribution in [1.82, 2.24) is 5.32 Å². The Balaban J connectivity index is 2.03. The van der Waals surface area contributed by atoms with Gasteiger partial charge in [-0.25, -0.2) is 0 Å². The molecule has 0 aromatic carbocycles. The summed E-state index contributed by atoms with van der Waals surface area (Å²) in [6, 6.07) is 0.581. The number of aliphatic imine (C=N–C) groups is 1. The summed E-state index contributed by atoms with van der Waals surface area (Å²) in [6.45, 7) is 9.12. The molecule has 1 rings (SSSR count). The van der Waals surface area contributed by atoms with E-state index in [4.69, 9.17) is 4.74 Å². The number of nitrogens with one attached hydrogen (secondary N) is 1. The van der Waals surface area contributed by atoms with Crippen LogP contribution < -0.4 is 5.32 Å². The van der Waals surface area contributed by atoms with Gasteiger partial charge in [0, 0.05) is 31.6 Å². The number of hydrogen-bond acceptors (Lipinski definition) is 3. The Bertz CT molecular complexity index is 219. The second-order valence-electron chi connectivity index (χ2n) is 4.69. The first-order valence-electron chi connectivity index (χ1n) is 6.20. The van der Waals surface area contributed by atoms with Crippen molar-refractivity contribution in [3.63, 3.8) is 0 Å². The molecule has 4 heteroatoms. The SMILES string of the molecule is CC(C)COCCCN=C1NC(C)CCS1. The van der Waals surface area contributed by atoms with Gasteiger partial charge in [0.25, 0.3) is 0 Å². The number of nitrogens with zero attached hydrogens (tertiary/aromatic N) is 1. The van der Waals surface area contributed by atoms with E-state index in [1.807, 2.05) is 11.8 Å². The Labute approximate surface area is 103 Å². The van der Waals surface area contributed by atoms with E-state index in [-0.39, 0.29) is 0 Å². The molecule has 1 heterocycles. The van der Waals surface area contributed by atoms with E-state index >= 15 is 0 Å². The highest BCUT2D eigenvalue weighted by atomic mass is 32.2. The Morgan fingerprint density at radius 1 is 1.56 bits per heavy atom. The summed E-state index contributed by atoms with van der Waals surface area (Å²) in [5.74, 6) is 1.82. The van der Waals surface area contributed by atoms with Crippen molar-refractivity contribution in [1.29, 1.82) is 0 Å². The van der Waals surface area contributed by atoms with Crippen LogP contribution in [0, 0.1) is 5.92 Å². The largest absolute Gasteiger partial charge is 0.381 e. The zero-order chi connectivity index (χ0) is 11.8. The van der Waals surface area contributed by atoms with Gasteiger partial charge in [0.1, 0.15) is 0 Å². The van der Waals surface area contributed by atoms with E-state index < -0.39 is 0 Å². The number of hydrogen-bond donors (Lipinski definition) is 1. The molecule has 0 radical (unpaired) electrons. The van der Waals surface area contributed by atoms with Crippen LogP contribution in [-0.2, 0) is 4.74 Å². The van der Waals surface area contributed by atoms with E-state index in [1.54, 1.807) is 0 Å². The molecule has 0 aliphatic carbocycles. The van der Waals surface area contributed by atoms with Gasteiger partial charge in [-0.1, -0.05) is 25.6 Å². The lowest BCUT2D eigenvalue weighted by molar-refractivity contribution is 0.109. The van der Waals surface area contributed by atoms with Gasteiger partial charge in [0.05, 0.1) is 0 Å².